The minimum atomic E-state index is -4.10. The fourth-order valence-corrected chi connectivity index (χ4v) is 2.40. The Kier molecular flexibility index (Phi) is 5.05. The standard InChI is InChI=1S/C13H11N5O6S/c14-25(23,24)10-5-6-11(13(7-10)18(21)22)16-15-8-9-3-1-2-4-12(9)17(19)20/h1-8,16H,(H2,14,23,24)/b15-8-. The summed E-state index contributed by atoms with van der Waals surface area (Å²) in [5.74, 6) is 0. The third-order valence-corrected chi connectivity index (χ3v) is 3.93. The second-order valence-corrected chi connectivity index (χ2v) is 6.23. The molecular weight excluding hydrogens is 354 g/mol. The van der Waals surface area contributed by atoms with Crippen LogP contribution in [-0.4, -0.2) is 24.5 Å². The van der Waals surface area contributed by atoms with Gasteiger partial charge in [0.1, 0.15) is 5.69 Å². The van der Waals surface area contributed by atoms with Gasteiger partial charge in [0.15, 0.2) is 0 Å². The maximum absolute atomic E-state index is 11.3. The number of para-hydroxylation sites is 1. The Morgan fingerprint density at radius 2 is 1.68 bits per heavy atom. The van der Waals surface area contributed by atoms with Gasteiger partial charge in [0.25, 0.3) is 11.4 Å². The SMILES string of the molecule is NS(=O)(=O)c1ccc(N/N=C\c2ccccc2[N+](=O)[O-])c([N+](=O)[O-])c1. The lowest BCUT2D eigenvalue weighted by Crippen LogP contribution is -2.12. The van der Waals surface area contributed by atoms with E-state index in [4.69, 9.17) is 5.14 Å². The summed E-state index contributed by atoms with van der Waals surface area (Å²) in [6, 6.07) is 8.77. The highest BCUT2D eigenvalue weighted by Crippen LogP contribution is 2.27. The monoisotopic (exact) mass is 365 g/mol. The van der Waals surface area contributed by atoms with Gasteiger partial charge in [-0.05, 0) is 18.2 Å². The smallest absolute Gasteiger partial charge is 0.272 e. The number of sulfonamides is 1. The summed E-state index contributed by atoms with van der Waals surface area (Å²) in [5, 5.41) is 30.6. The van der Waals surface area contributed by atoms with Crippen LogP contribution in [0.2, 0.25) is 0 Å². The molecule has 2 aromatic rings. The van der Waals surface area contributed by atoms with E-state index < -0.39 is 30.5 Å². The van der Waals surface area contributed by atoms with Crippen molar-refractivity contribution in [2.75, 3.05) is 5.43 Å². The van der Waals surface area contributed by atoms with E-state index in [2.05, 4.69) is 10.5 Å². The average Bonchev–Trinajstić information content (AvgIpc) is 2.54. The molecule has 25 heavy (non-hydrogen) atoms. The van der Waals surface area contributed by atoms with E-state index in [9.17, 15) is 28.6 Å². The zero-order chi connectivity index (χ0) is 18.6. The summed E-state index contributed by atoms with van der Waals surface area (Å²) in [4.78, 5) is 20.1. The number of hydrogen-bond donors (Lipinski definition) is 2. The predicted molar refractivity (Wildman–Crippen MR) is 88.8 cm³/mol. The third kappa shape index (κ3) is 4.33. The zero-order valence-corrected chi connectivity index (χ0v) is 13.2. The summed E-state index contributed by atoms with van der Waals surface area (Å²) in [6.07, 6.45) is 1.12. The highest BCUT2D eigenvalue weighted by molar-refractivity contribution is 7.89. The second kappa shape index (κ2) is 7.02. The van der Waals surface area contributed by atoms with Gasteiger partial charge in [0.05, 0.1) is 26.5 Å². The molecule has 0 fully saturated rings. The van der Waals surface area contributed by atoms with Crippen molar-refractivity contribution in [3.63, 3.8) is 0 Å². The summed E-state index contributed by atoms with van der Waals surface area (Å²) < 4.78 is 22.5. The number of anilines is 1. The number of nitrogens with two attached hydrogens (primary N) is 1. The molecule has 11 nitrogen and oxygen atoms in total. The van der Waals surface area contributed by atoms with Crippen molar-refractivity contribution >= 4 is 33.3 Å². The van der Waals surface area contributed by atoms with Gasteiger partial charge in [0, 0.05) is 12.1 Å². The van der Waals surface area contributed by atoms with Crippen LogP contribution in [0.5, 0.6) is 0 Å². The molecule has 3 N–H and O–H groups in total. The molecule has 0 aromatic heterocycles. The second-order valence-electron chi connectivity index (χ2n) is 4.67. The molecule has 0 atom stereocenters. The van der Waals surface area contributed by atoms with Crippen LogP contribution >= 0.6 is 0 Å². The van der Waals surface area contributed by atoms with Crippen molar-refractivity contribution in [1.82, 2.24) is 0 Å². The Morgan fingerprint density at radius 3 is 2.28 bits per heavy atom. The van der Waals surface area contributed by atoms with Crippen LogP contribution in [0.4, 0.5) is 17.1 Å². The molecule has 0 saturated heterocycles. The van der Waals surface area contributed by atoms with Crippen LogP contribution in [-0.2, 0) is 10.0 Å². The summed E-state index contributed by atoms with van der Waals surface area (Å²) in [6.45, 7) is 0. The number of benzene rings is 2. The maximum atomic E-state index is 11.3. The fraction of sp³-hybridized carbons (Fsp3) is 0. The molecule has 0 saturated carbocycles. The molecule has 0 unspecified atom stereocenters. The van der Waals surface area contributed by atoms with E-state index >= 15 is 0 Å². The number of primary sulfonamides is 1. The Balaban J connectivity index is 2.32. The molecule has 12 heteroatoms. The molecule has 0 aliphatic heterocycles. The van der Waals surface area contributed by atoms with E-state index in [1.807, 2.05) is 0 Å². The topological polar surface area (TPSA) is 171 Å². The van der Waals surface area contributed by atoms with Gasteiger partial charge in [-0.2, -0.15) is 5.10 Å². The first kappa shape index (κ1) is 18.0. The lowest BCUT2D eigenvalue weighted by Gasteiger charge is -2.04. The number of nitro benzene ring substituents is 2. The molecule has 130 valence electrons. The molecule has 0 radical (unpaired) electrons. The van der Waals surface area contributed by atoms with Crippen LogP contribution in [0.1, 0.15) is 5.56 Å². The summed E-state index contributed by atoms with van der Waals surface area (Å²) >= 11 is 0. The largest absolute Gasteiger partial charge is 0.295 e. The van der Waals surface area contributed by atoms with Crippen LogP contribution in [0.25, 0.3) is 0 Å². The first-order chi connectivity index (χ1) is 11.7. The summed E-state index contributed by atoms with van der Waals surface area (Å²) in [7, 11) is -4.10. The lowest BCUT2D eigenvalue weighted by atomic mass is 10.2. The molecule has 2 rings (SSSR count). The van der Waals surface area contributed by atoms with Gasteiger partial charge < -0.3 is 0 Å². The van der Waals surface area contributed by atoms with Crippen LogP contribution < -0.4 is 10.6 Å². The molecule has 0 spiro atoms. The molecular formula is C13H11N5O6S. The Morgan fingerprint density at radius 1 is 1.04 bits per heavy atom. The van der Waals surface area contributed by atoms with Crippen molar-refractivity contribution in [2.45, 2.75) is 4.90 Å². The van der Waals surface area contributed by atoms with Gasteiger partial charge in [-0.15, -0.1) is 0 Å². The minimum absolute atomic E-state index is 0.104. The Bertz CT molecular complexity index is 973. The van der Waals surface area contributed by atoms with E-state index in [0.29, 0.717) is 0 Å². The molecule has 0 heterocycles. The van der Waals surface area contributed by atoms with Crippen molar-refractivity contribution in [3.8, 4) is 0 Å². The molecule has 0 amide bonds. The number of nitrogens with zero attached hydrogens (tertiary/aromatic N) is 3. The van der Waals surface area contributed by atoms with Crippen molar-refractivity contribution in [1.29, 1.82) is 0 Å². The predicted octanol–water partition coefficient (Wildman–Crippen LogP) is 1.60. The van der Waals surface area contributed by atoms with Gasteiger partial charge in [-0.25, -0.2) is 13.6 Å². The maximum Gasteiger partial charge on any atom is 0.295 e. The average molecular weight is 365 g/mol. The van der Waals surface area contributed by atoms with E-state index in [1.54, 1.807) is 6.07 Å². The number of nitro groups is 2. The first-order valence-corrected chi connectivity index (χ1v) is 8.08. The highest BCUT2D eigenvalue weighted by Gasteiger charge is 2.19. The number of hydrogen-bond acceptors (Lipinski definition) is 8. The van der Waals surface area contributed by atoms with E-state index in [0.717, 1.165) is 24.4 Å². The van der Waals surface area contributed by atoms with Crippen LogP contribution in [0.3, 0.4) is 0 Å². The Labute approximate surface area is 141 Å². The van der Waals surface area contributed by atoms with Crippen molar-refractivity contribution in [3.05, 3.63) is 68.3 Å². The molecule has 0 bridgehead atoms. The Hall–Kier alpha value is -3.38. The fourth-order valence-electron chi connectivity index (χ4n) is 1.87. The van der Waals surface area contributed by atoms with Crippen molar-refractivity contribution in [2.24, 2.45) is 10.2 Å². The minimum Gasteiger partial charge on any atom is -0.272 e. The van der Waals surface area contributed by atoms with E-state index in [1.165, 1.54) is 18.2 Å². The van der Waals surface area contributed by atoms with E-state index in [-0.39, 0.29) is 16.9 Å². The molecule has 0 aliphatic carbocycles. The number of nitrogens with one attached hydrogen (secondary N) is 1. The molecule has 0 aliphatic rings. The van der Waals surface area contributed by atoms with Crippen LogP contribution in [0, 0.1) is 20.2 Å². The number of hydrazone groups is 1. The summed E-state index contributed by atoms with van der Waals surface area (Å²) in [5.41, 5.74) is 1.69. The zero-order valence-electron chi connectivity index (χ0n) is 12.4. The van der Waals surface area contributed by atoms with Crippen molar-refractivity contribution < 1.29 is 18.3 Å². The van der Waals surface area contributed by atoms with Crippen LogP contribution in [0.15, 0.2) is 52.5 Å². The molecule has 2 aromatic carbocycles. The first-order valence-electron chi connectivity index (χ1n) is 6.54. The highest BCUT2D eigenvalue weighted by atomic mass is 32.2. The lowest BCUT2D eigenvalue weighted by molar-refractivity contribution is -0.385. The van der Waals surface area contributed by atoms with Gasteiger partial charge in [-0.1, -0.05) is 12.1 Å². The van der Waals surface area contributed by atoms with Gasteiger partial charge in [0.2, 0.25) is 10.0 Å². The normalized spacial score (nSPS) is 11.4. The number of rotatable bonds is 6. The van der Waals surface area contributed by atoms with Gasteiger partial charge >= 0.3 is 0 Å². The van der Waals surface area contributed by atoms with Gasteiger partial charge in [-0.3, -0.25) is 25.7 Å². The third-order valence-electron chi connectivity index (χ3n) is 3.02. The quantitative estimate of drug-likeness (QED) is 0.444.